The maximum atomic E-state index is 9.60. The lowest BCUT2D eigenvalue weighted by atomic mass is 10.0. The summed E-state index contributed by atoms with van der Waals surface area (Å²) in [4.78, 5) is 0. The van der Waals surface area contributed by atoms with Crippen LogP contribution in [0.4, 0.5) is 0 Å². The van der Waals surface area contributed by atoms with Gasteiger partial charge in [-0.1, -0.05) is 66.2 Å². The molecule has 0 radical (unpaired) electrons. The molecule has 2 aromatic rings. The van der Waals surface area contributed by atoms with E-state index in [1.807, 2.05) is 55.5 Å². The highest BCUT2D eigenvalue weighted by atomic mass is 16.7. The lowest BCUT2D eigenvalue weighted by Gasteiger charge is -2.33. The molecule has 2 aromatic carbocycles. The summed E-state index contributed by atoms with van der Waals surface area (Å²) in [5.74, 6) is 0. The standard InChI is InChI=1S/C25H32O4/c1-19(2)17-24(20-9-5-3-6-10-20)28-22(13-15-26)18-23-14-16-27-25(29-23)21-11-7-4-8-12-21/h3-12,22-26H,1,13-18H2,2H3/t22-,23+,24?,25+/m0/s1. The zero-order valence-corrected chi connectivity index (χ0v) is 17.2. The Morgan fingerprint density at radius 1 is 1.14 bits per heavy atom. The first kappa shape index (κ1) is 21.7. The van der Waals surface area contributed by atoms with E-state index < -0.39 is 0 Å². The number of hydrogen-bond donors (Lipinski definition) is 1. The molecule has 0 aromatic heterocycles. The normalized spacial score (nSPS) is 21.4. The first-order valence-electron chi connectivity index (χ1n) is 10.4. The third-order valence-corrected chi connectivity index (χ3v) is 5.14. The number of benzene rings is 2. The Hall–Kier alpha value is -1.98. The molecule has 0 saturated carbocycles. The van der Waals surface area contributed by atoms with Crippen LogP contribution in [0.2, 0.25) is 0 Å². The molecule has 0 aliphatic carbocycles. The summed E-state index contributed by atoms with van der Waals surface area (Å²) >= 11 is 0. The highest BCUT2D eigenvalue weighted by Crippen LogP contribution is 2.32. The van der Waals surface area contributed by atoms with E-state index in [1.165, 1.54) is 0 Å². The van der Waals surface area contributed by atoms with Gasteiger partial charge < -0.3 is 19.3 Å². The number of aliphatic hydroxyl groups is 1. The highest BCUT2D eigenvalue weighted by molar-refractivity contribution is 5.19. The third-order valence-electron chi connectivity index (χ3n) is 5.14. The molecule has 1 fully saturated rings. The Morgan fingerprint density at radius 3 is 2.48 bits per heavy atom. The fourth-order valence-corrected chi connectivity index (χ4v) is 3.69. The fourth-order valence-electron chi connectivity index (χ4n) is 3.69. The molecule has 1 N–H and O–H groups in total. The van der Waals surface area contributed by atoms with E-state index >= 15 is 0 Å². The number of rotatable bonds is 10. The third kappa shape index (κ3) is 6.79. The van der Waals surface area contributed by atoms with Gasteiger partial charge in [-0.3, -0.25) is 0 Å². The molecule has 29 heavy (non-hydrogen) atoms. The van der Waals surface area contributed by atoms with Crippen molar-refractivity contribution in [3.63, 3.8) is 0 Å². The molecule has 3 rings (SSSR count). The van der Waals surface area contributed by atoms with E-state index in [1.54, 1.807) is 0 Å². The first-order chi connectivity index (χ1) is 14.2. The van der Waals surface area contributed by atoms with Gasteiger partial charge in [0.05, 0.1) is 24.9 Å². The quantitative estimate of drug-likeness (QED) is 0.550. The van der Waals surface area contributed by atoms with Crippen molar-refractivity contribution in [2.45, 2.75) is 57.2 Å². The van der Waals surface area contributed by atoms with Crippen LogP contribution in [0.3, 0.4) is 0 Å². The molecule has 156 valence electrons. The van der Waals surface area contributed by atoms with Gasteiger partial charge in [0, 0.05) is 18.6 Å². The van der Waals surface area contributed by atoms with E-state index in [-0.39, 0.29) is 31.2 Å². The molecule has 0 amide bonds. The van der Waals surface area contributed by atoms with E-state index in [9.17, 15) is 5.11 Å². The van der Waals surface area contributed by atoms with Gasteiger partial charge in [0.25, 0.3) is 0 Å². The Kier molecular flexibility index (Phi) is 8.44. The smallest absolute Gasteiger partial charge is 0.184 e. The summed E-state index contributed by atoms with van der Waals surface area (Å²) in [5.41, 5.74) is 3.24. The summed E-state index contributed by atoms with van der Waals surface area (Å²) in [7, 11) is 0. The molecule has 4 atom stereocenters. The minimum Gasteiger partial charge on any atom is -0.396 e. The topological polar surface area (TPSA) is 47.9 Å². The van der Waals surface area contributed by atoms with Crippen LogP contribution in [0.15, 0.2) is 72.8 Å². The average molecular weight is 397 g/mol. The zero-order chi connectivity index (χ0) is 20.5. The highest BCUT2D eigenvalue weighted by Gasteiger charge is 2.28. The van der Waals surface area contributed by atoms with E-state index in [2.05, 4.69) is 18.7 Å². The molecule has 0 spiro atoms. The minimum atomic E-state index is -0.343. The van der Waals surface area contributed by atoms with Crippen LogP contribution in [-0.4, -0.2) is 30.5 Å². The van der Waals surface area contributed by atoms with Crippen LogP contribution in [0, 0.1) is 0 Å². The predicted octanol–water partition coefficient (Wildman–Crippen LogP) is 5.36. The Morgan fingerprint density at radius 2 is 1.83 bits per heavy atom. The van der Waals surface area contributed by atoms with E-state index in [4.69, 9.17) is 14.2 Å². The zero-order valence-electron chi connectivity index (χ0n) is 17.2. The molecule has 0 bridgehead atoms. The van der Waals surface area contributed by atoms with Gasteiger partial charge in [-0.05, 0) is 31.7 Å². The van der Waals surface area contributed by atoms with E-state index in [0.29, 0.717) is 13.0 Å². The van der Waals surface area contributed by atoms with Crippen LogP contribution in [0.5, 0.6) is 0 Å². The van der Waals surface area contributed by atoms with Crippen molar-refractivity contribution in [1.82, 2.24) is 0 Å². The number of hydrogen-bond acceptors (Lipinski definition) is 4. The summed E-state index contributed by atoms with van der Waals surface area (Å²) in [6.45, 7) is 6.83. The monoisotopic (exact) mass is 396 g/mol. The minimum absolute atomic E-state index is 0.0340. The van der Waals surface area contributed by atoms with Gasteiger partial charge >= 0.3 is 0 Å². The number of aliphatic hydroxyl groups excluding tert-OH is 1. The molecule has 4 nitrogen and oxygen atoms in total. The van der Waals surface area contributed by atoms with Crippen molar-refractivity contribution >= 4 is 0 Å². The van der Waals surface area contributed by atoms with Gasteiger partial charge in [-0.25, -0.2) is 0 Å². The lowest BCUT2D eigenvalue weighted by molar-refractivity contribution is -0.225. The molecule has 1 aliphatic heterocycles. The lowest BCUT2D eigenvalue weighted by Crippen LogP contribution is -2.32. The van der Waals surface area contributed by atoms with Crippen molar-refractivity contribution < 1.29 is 19.3 Å². The first-order valence-corrected chi connectivity index (χ1v) is 10.4. The van der Waals surface area contributed by atoms with Crippen molar-refractivity contribution in [2.75, 3.05) is 13.2 Å². The molecule has 1 saturated heterocycles. The number of ether oxygens (including phenoxy) is 3. The molecule has 1 aliphatic rings. The second-order valence-electron chi connectivity index (χ2n) is 7.73. The van der Waals surface area contributed by atoms with Crippen LogP contribution in [0.1, 0.15) is 56.1 Å². The maximum absolute atomic E-state index is 9.60. The van der Waals surface area contributed by atoms with Crippen LogP contribution in [0.25, 0.3) is 0 Å². The molecule has 1 unspecified atom stereocenters. The van der Waals surface area contributed by atoms with E-state index in [0.717, 1.165) is 36.0 Å². The van der Waals surface area contributed by atoms with Gasteiger partial charge in [0.2, 0.25) is 0 Å². The Labute approximate surface area is 174 Å². The molecule has 4 heteroatoms. The van der Waals surface area contributed by atoms with Crippen LogP contribution < -0.4 is 0 Å². The van der Waals surface area contributed by atoms with Crippen molar-refractivity contribution in [3.8, 4) is 0 Å². The summed E-state index contributed by atoms with van der Waals surface area (Å²) in [6, 6.07) is 20.2. The summed E-state index contributed by atoms with van der Waals surface area (Å²) in [6.07, 6.45) is 2.41. The van der Waals surface area contributed by atoms with Gasteiger partial charge in [-0.15, -0.1) is 6.58 Å². The summed E-state index contributed by atoms with van der Waals surface area (Å²) in [5, 5.41) is 9.60. The van der Waals surface area contributed by atoms with Gasteiger partial charge in [0.15, 0.2) is 6.29 Å². The van der Waals surface area contributed by atoms with Crippen LogP contribution in [-0.2, 0) is 14.2 Å². The van der Waals surface area contributed by atoms with Crippen molar-refractivity contribution in [2.24, 2.45) is 0 Å². The van der Waals surface area contributed by atoms with Crippen LogP contribution >= 0.6 is 0 Å². The Balaban J connectivity index is 1.65. The fraction of sp³-hybridized carbons (Fsp3) is 0.440. The van der Waals surface area contributed by atoms with Crippen molar-refractivity contribution in [3.05, 3.63) is 83.9 Å². The SMILES string of the molecule is C=C(C)CC(O[C@@H](CCO)C[C@H]1CCO[C@@H](c2ccccc2)O1)c1ccccc1. The molecular weight excluding hydrogens is 364 g/mol. The second kappa shape index (κ2) is 11.3. The molecule has 1 heterocycles. The van der Waals surface area contributed by atoms with Gasteiger partial charge in [-0.2, -0.15) is 0 Å². The second-order valence-corrected chi connectivity index (χ2v) is 7.73. The summed E-state index contributed by atoms with van der Waals surface area (Å²) < 4.78 is 18.5. The largest absolute Gasteiger partial charge is 0.396 e. The van der Waals surface area contributed by atoms with Crippen molar-refractivity contribution in [1.29, 1.82) is 0 Å². The maximum Gasteiger partial charge on any atom is 0.184 e. The average Bonchev–Trinajstić information content (AvgIpc) is 2.74. The molecular formula is C25H32O4. The van der Waals surface area contributed by atoms with Gasteiger partial charge in [0.1, 0.15) is 0 Å². The Bertz CT molecular complexity index is 731. The predicted molar refractivity (Wildman–Crippen MR) is 114 cm³/mol.